The van der Waals surface area contributed by atoms with Crippen molar-refractivity contribution >= 4 is 29.9 Å². The molecule has 0 aliphatic rings. The molecule has 0 saturated carbocycles. The fourth-order valence-electron chi connectivity index (χ4n) is 2.18. The molecule has 0 bridgehead atoms. The van der Waals surface area contributed by atoms with Gasteiger partial charge in [0.05, 0.1) is 12.6 Å². The smallest absolute Gasteiger partial charge is 0.191 e. The van der Waals surface area contributed by atoms with E-state index in [1.807, 2.05) is 6.07 Å². The number of guanidine groups is 1. The lowest BCUT2D eigenvalue weighted by atomic mass is 10.1. The number of methoxy groups -OCH3 is 1. The molecule has 6 heteroatoms. The molecule has 2 N–H and O–H groups in total. The first-order chi connectivity index (χ1) is 10.7. The molecule has 0 fully saturated rings. The fraction of sp³-hybridized carbons (Fsp3) is 0.588. The van der Waals surface area contributed by atoms with Crippen LogP contribution in [0.2, 0.25) is 0 Å². The number of nitrogens with one attached hydrogen (secondary N) is 2. The Balaban J connectivity index is 0.00000484. The Morgan fingerprint density at radius 1 is 1.22 bits per heavy atom. The van der Waals surface area contributed by atoms with Crippen molar-refractivity contribution in [3.8, 4) is 0 Å². The predicted octanol–water partition coefficient (Wildman–Crippen LogP) is 2.50. The first-order valence-electron chi connectivity index (χ1n) is 7.91. The van der Waals surface area contributed by atoms with Crippen molar-refractivity contribution in [3.63, 3.8) is 0 Å². The van der Waals surface area contributed by atoms with Gasteiger partial charge >= 0.3 is 0 Å². The summed E-state index contributed by atoms with van der Waals surface area (Å²) in [7, 11) is 5.90. The molecule has 1 aromatic carbocycles. The Morgan fingerprint density at radius 2 is 1.91 bits per heavy atom. The van der Waals surface area contributed by atoms with Gasteiger partial charge in [0.25, 0.3) is 0 Å². The molecule has 1 atom stereocenters. The predicted molar refractivity (Wildman–Crippen MR) is 109 cm³/mol. The number of hydrogen-bond donors (Lipinski definition) is 2. The second-order valence-corrected chi connectivity index (χ2v) is 5.38. The van der Waals surface area contributed by atoms with Crippen LogP contribution >= 0.6 is 24.0 Å². The molecule has 0 aliphatic heterocycles. The van der Waals surface area contributed by atoms with Crippen LogP contribution in [0.1, 0.15) is 24.9 Å². The Bertz CT molecular complexity index is 426. The normalized spacial score (nSPS) is 12.7. The number of aliphatic imine (C=N–C) groups is 1. The minimum absolute atomic E-state index is 0. The molecule has 5 nitrogen and oxygen atoms in total. The summed E-state index contributed by atoms with van der Waals surface area (Å²) in [6.07, 6.45) is 0.969. The third-order valence-electron chi connectivity index (χ3n) is 3.39. The minimum Gasteiger partial charge on any atom is -0.385 e. The summed E-state index contributed by atoms with van der Waals surface area (Å²) >= 11 is 0. The highest BCUT2D eigenvalue weighted by Gasteiger charge is 2.13. The summed E-state index contributed by atoms with van der Waals surface area (Å²) in [6, 6.07) is 10.8. The van der Waals surface area contributed by atoms with E-state index in [0.717, 1.165) is 38.6 Å². The van der Waals surface area contributed by atoms with Gasteiger partial charge in [-0.2, -0.15) is 0 Å². The lowest BCUT2D eigenvalue weighted by Gasteiger charge is -2.23. The average molecular weight is 434 g/mol. The number of rotatable bonds is 9. The van der Waals surface area contributed by atoms with Crippen molar-refractivity contribution in [2.75, 3.05) is 47.4 Å². The highest BCUT2D eigenvalue weighted by atomic mass is 127. The van der Waals surface area contributed by atoms with Crippen molar-refractivity contribution in [1.29, 1.82) is 0 Å². The standard InChI is InChI=1S/C17H30N4O.HI/c1-5-18-17(19-12-9-13-22-4)20-14-16(21(2)3)15-10-7-6-8-11-15;/h6-8,10-11,16H,5,9,12-14H2,1-4H3,(H2,18,19,20);1H. The zero-order valence-corrected chi connectivity index (χ0v) is 17.0. The van der Waals surface area contributed by atoms with E-state index >= 15 is 0 Å². The molecule has 0 heterocycles. The number of benzene rings is 1. The highest BCUT2D eigenvalue weighted by molar-refractivity contribution is 14.0. The van der Waals surface area contributed by atoms with Crippen LogP contribution in [0.25, 0.3) is 0 Å². The second kappa shape index (κ2) is 13.6. The van der Waals surface area contributed by atoms with E-state index in [1.54, 1.807) is 7.11 Å². The first kappa shape index (κ1) is 22.1. The van der Waals surface area contributed by atoms with E-state index in [0.29, 0.717) is 0 Å². The molecule has 1 unspecified atom stereocenters. The summed E-state index contributed by atoms with van der Waals surface area (Å²) < 4.78 is 5.06. The van der Waals surface area contributed by atoms with Crippen LogP contribution < -0.4 is 10.6 Å². The zero-order chi connectivity index (χ0) is 16.2. The monoisotopic (exact) mass is 434 g/mol. The van der Waals surface area contributed by atoms with Crippen LogP contribution in [0, 0.1) is 0 Å². The Hall–Kier alpha value is -0.860. The average Bonchev–Trinajstić information content (AvgIpc) is 2.52. The van der Waals surface area contributed by atoms with E-state index < -0.39 is 0 Å². The van der Waals surface area contributed by atoms with E-state index in [1.165, 1.54) is 5.56 Å². The van der Waals surface area contributed by atoms with Crippen LogP contribution in [0.15, 0.2) is 35.3 Å². The van der Waals surface area contributed by atoms with Gasteiger partial charge in [0.1, 0.15) is 0 Å². The molecule has 0 aliphatic carbocycles. The number of nitrogens with zero attached hydrogens (tertiary/aromatic N) is 2. The van der Waals surface area contributed by atoms with Crippen molar-refractivity contribution in [2.45, 2.75) is 19.4 Å². The lowest BCUT2D eigenvalue weighted by Crippen LogP contribution is -2.38. The Labute approximate surface area is 157 Å². The van der Waals surface area contributed by atoms with E-state index in [9.17, 15) is 0 Å². The van der Waals surface area contributed by atoms with Gasteiger partial charge in [0.2, 0.25) is 0 Å². The molecule has 0 aromatic heterocycles. The molecule has 0 amide bonds. The van der Waals surface area contributed by atoms with Crippen LogP contribution in [-0.2, 0) is 4.74 Å². The van der Waals surface area contributed by atoms with Crippen LogP contribution in [0.5, 0.6) is 0 Å². The highest BCUT2D eigenvalue weighted by Crippen LogP contribution is 2.17. The van der Waals surface area contributed by atoms with Gasteiger partial charge in [-0.1, -0.05) is 30.3 Å². The number of likely N-dealkylation sites (N-methyl/N-ethyl adjacent to an activating group) is 1. The van der Waals surface area contributed by atoms with E-state index in [-0.39, 0.29) is 30.0 Å². The minimum atomic E-state index is 0. The molecule has 23 heavy (non-hydrogen) atoms. The summed E-state index contributed by atoms with van der Waals surface area (Å²) in [4.78, 5) is 6.92. The van der Waals surface area contributed by atoms with Gasteiger partial charge in [-0.15, -0.1) is 24.0 Å². The first-order valence-corrected chi connectivity index (χ1v) is 7.91. The van der Waals surface area contributed by atoms with Gasteiger partial charge in [0.15, 0.2) is 5.96 Å². The van der Waals surface area contributed by atoms with Gasteiger partial charge in [-0.3, -0.25) is 4.99 Å². The molecule has 0 radical (unpaired) electrons. The zero-order valence-electron chi connectivity index (χ0n) is 14.7. The summed E-state index contributed by atoms with van der Waals surface area (Å²) in [6.45, 7) is 5.27. The third-order valence-corrected chi connectivity index (χ3v) is 3.39. The summed E-state index contributed by atoms with van der Waals surface area (Å²) in [5, 5.41) is 6.63. The largest absolute Gasteiger partial charge is 0.385 e. The number of hydrogen-bond acceptors (Lipinski definition) is 3. The SMILES string of the molecule is CCNC(=NCC(c1ccccc1)N(C)C)NCCCOC.I. The van der Waals surface area contributed by atoms with Gasteiger partial charge in [0, 0.05) is 26.8 Å². The molecular weight excluding hydrogens is 403 g/mol. The van der Waals surface area contributed by atoms with E-state index in [4.69, 9.17) is 9.73 Å². The maximum Gasteiger partial charge on any atom is 0.191 e. The van der Waals surface area contributed by atoms with Crippen LogP contribution in [0.4, 0.5) is 0 Å². The van der Waals surface area contributed by atoms with Crippen LogP contribution in [0.3, 0.4) is 0 Å². The molecule has 0 saturated heterocycles. The maximum atomic E-state index is 5.06. The third kappa shape index (κ3) is 9.12. The Morgan fingerprint density at radius 3 is 2.48 bits per heavy atom. The van der Waals surface area contributed by atoms with Crippen molar-refractivity contribution < 1.29 is 4.74 Å². The molecule has 0 spiro atoms. The van der Waals surface area contributed by atoms with Crippen LogP contribution in [-0.4, -0.2) is 58.3 Å². The maximum absolute atomic E-state index is 5.06. The number of ether oxygens (including phenoxy) is 1. The molecular formula is C17H31IN4O. The lowest BCUT2D eigenvalue weighted by molar-refractivity contribution is 0.195. The molecule has 1 aromatic rings. The molecule has 132 valence electrons. The van der Waals surface area contributed by atoms with Crippen molar-refractivity contribution in [1.82, 2.24) is 15.5 Å². The Kier molecular flexibility index (Phi) is 13.1. The second-order valence-electron chi connectivity index (χ2n) is 5.38. The van der Waals surface area contributed by atoms with Crippen molar-refractivity contribution in [2.24, 2.45) is 4.99 Å². The fourth-order valence-corrected chi connectivity index (χ4v) is 2.18. The summed E-state index contributed by atoms with van der Waals surface area (Å²) in [5.41, 5.74) is 1.28. The number of halogens is 1. The van der Waals surface area contributed by atoms with Gasteiger partial charge in [-0.25, -0.2) is 0 Å². The van der Waals surface area contributed by atoms with Gasteiger partial charge in [-0.05, 0) is 33.0 Å². The van der Waals surface area contributed by atoms with Gasteiger partial charge < -0.3 is 20.3 Å². The van der Waals surface area contributed by atoms with Crippen molar-refractivity contribution in [3.05, 3.63) is 35.9 Å². The topological polar surface area (TPSA) is 48.9 Å². The quantitative estimate of drug-likeness (QED) is 0.272. The molecule has 1 rings (SSSR count). The van der Waals surface area contributed by atoms with E-state index in [2.05, 4.69) is 60.8 Å². The summed E-state index contributed by atoms with van der Waals surface area (Å²) in [5.74, 6) is 0.862.